The first-order valence-corrected chi connectivity index (χ1v) is 7.18. The van der Waals surface area contributed by atoms with E-state index in [1.807, 2.05) is 30.3 Å². The van der Waals surface area contributed by atoms with Crippen LogP contribution in [0.2, 0.25) is 0 Å². The number of halogens is 4. The van der Waals surface area contributed by atoms with Crippen molar-refractivity contribution in [2.45, 2.75) is 7.71 Å². The van der Waals surface area contributed by atoms with Crippen LogP contribution in [0.1, 0.15) is 5.56 Å². The van der Waals surface area contributed by atoms with Gasteiger partial charge >= 0.3 is 0 Å². The lowest BCUT2D eigenvalue weighted by Crippen LogP contribution is -2.21. The lowest BCUT2D eigenvalue weighted by Gasteiger charge is -2.17. The molecule has 0 aliphatic heterocycles. The molecular formula is C11H8Br3ClO. The Hall–Kier alpha value is 0.470. The molecule has 1 atom stereocenters. The summed E-state index contributed by atoms with van der Waals surface area (Å²) in [5.41, 5.74) is 0.401. The highest BCUT2D eigenvalue weighted by Gasteiger charge is 2.29. The summed E-state index contributed by atoms with van der Waals surface area (Å²) in [5, 5.41) is 0. The molecule has 0 radical (unpaired) electrons. The summed E-state index contributed by atoms with van der Waals surface area (Å²) in [6, 6.07) is 9.71. The molecule has 1 rings (SSSR count). The van der Waals surface area contributed by atoms with Crippen LogP contribution in [0.25, 0.3) is 0 Å². The normalized spacial score (nSPS) is 12.8. The maximum absolute atomic E-state index is 5.91. The average molecular weight is 431 g/mol. The Morgan fingerprint density at radius 2 is 1.88 bits per heavy atom. The van der Waals surface area contributed by atoms with E-state index in [9.17, 15) is 0 Å². The molecule has 1 aromatic rings. The minimum atomic E-state index is -0.622. The molecule has 0 aliphatic rings. The highest BCUT2D eigenvalue weighted by molar-refractivity contribution is 9.39. The van der Waals surface area contributed by atoms with Crippen LogP contribution < -0.4 is 0 Å². The molecule has 0 saturated heterocycles. The topological polar surface area (TPSA) is 9.23 Å². The Balaban J connectivity index is 2.40. The number of hydrogen-bond acceptors (Lipinski definition) is 1. The van der Waals surface area contributed by atoms with E-state index in [-0.39, 0.29) is 6.61 Å². The van der Waals surface area contributed by atoms with Crippen molar-refractivity contribution in [2.24, 2.45) is 0 Å². The van der Waals surface area contributed by atoms with Gasteiger partial charge in [-0.2, -0.15) is 0 Å². The molecule has 0 amide bonds. The third-order valence-corrected chi connectivity index (χ3v) is 4.06. The second-order valence-electron chi connectivity index (χ2n) is 2.84. The fourth-order valence-electron chi connectivity index (χ4n) is 0.869. The fourth-order valence-corrected chi connectivity index (χ4v) is 1.33. The van der Waals surface area contributed by atoms with Crippen LogP contribution in [0.15, 0.2) is 30.3 Å². The first-order chi connectivity index (χ1) is 7.50. The molecule has 1 unspecified atom stereocenters. The summed E-state index contributed by atoms with van der Waals surface area (Å²) < 4.78 is 4.66. The maximum atomic E-state index is 5.91. The van der Waals surface area contributed by atoms with Crippen LogP contribution in [-0.4, -0.2) is 14.3 Å². The van der Waals surface area contributed by atoms with Crippen LogP contribution in [0.5, 0.6) is 0 Å². The average Bonchev–Trinajstić information content (AvgIpc) is 2.24. The standard InChI is InChI=1S/C11H8Br3ClO/c12-11(13,14)10(15)16-8-4-7-9-5-2-1-3-6-9/h1-3,5-6,10H,8H2. The second-order valence-corrected chi connectivity index (χ2v) is 10.2. The minimum Gasteiger partial charge on any atom is -0.346 e. The summed E-state index contributed by atoms with van der Waals surface area (Å²) in [6.45, 7) is 0.271. The van der Waals surface area contributed by atoms with Crippen molar-refractivity contribution in [1.82, 2.24) is 0 Å². The van der Waals surface area contributed by atoms with E-state index in [1.165, 1.54) is 0 Å². The van der Waals surface area contributed by atoms with Gasteiger partial charge in [0.1, 0.15) is 6.61 Å². The molecule has 0 heterocycles. The molecule has 0 aromatic heterocycles. The van der Waals surface area contributed by atoms with E-state index < -0.39 is 7.71 Å². The second kappa shape index (κ2) is 7.03. The quantitative estimate of drug-likeness (QED) is 0.497. The van der Waals surface area contributed by atoms with Crippen LogP contribution in [0.4, 0.5) is 0 Å². The predicted molar refractivity (Wildman–Crippen MR) is 78.4 cm³/mol. The molecule has 0 saturated carbocycles. The predicted octanol–water partition coefficient (Wildman–Crippen LogP) is 4.46. The first-order valence-electron chi connectivity index (χ1n) is 4.36. The molecule has 1 aromatic carbocycles. The third kappa shape index (κ3) is 5.70. The summed E-state index contributed by atoms with van der Waals surface area (Å²) in [4.78, 5) is 0. The lowest BCUT2D eigenvalue weighted by atomic mass is 10.2. The lowest BCUT2D eigenvalue weighted by molar-refractivity contribution is 0.147. The summed E-state index contributed by atoms with van der Waals surface area (Å²) in [6.07, 6.45) is 0. The number of alkyl halides is 4. The summed E-state index contributed by atoms with van der Waals surface area (Å²) in [5.74, 6) is 5.86. The van der Waals surface area contributed by atoms with Gasteiger partial charge in [0.15, 0.2) is 7.71 Å². The molecular weight excluding hydrogens is 423 g/mol. The van der Waals surface area contributed by atoms with Gasteiger partial charge in [-0.15, -0.1) is 0 Å². The van der Waals surface area contributed by atoms with Crippen LogP contribution in [0.3, 0.4) is 0 Å². The Morgan fingerprint density at radius 1 is 1.25 bits per heavy atom. The van der Waals surface area contributed by atoms with Crippen LogP contribution >= 0.6 is 59.4 Å². The van der Waals surface area contributed by atoms with E-state index >= 15 is 0 Å². The van der Waals surface area contributed by atoms with Crippen LogP contribution in [-0.2, 0) is 4.74 Å². The summed E-state index contributed by atoms with van der Waals surface area (Å²) in [7, 11) is 0. The number of ether oxygens (including phenoxy) is 1. The molecule has 0 N–H and O–H groups in total. The molecule has 0 fully saturated rings. The van der Waals surface area contributed by atoms with Crippen molar-refractivity contribution < 1.29 is 4.74 Å². The van der Waals surface area contributed by atoms with Crippen LogP contribution in [0, 0.1) is 11.8 Å². The van der Waals surface area contributed by atoms with Crippen molar-refractivity contribution in [2.75, 3.05) is 6.61 Å². The minimum absolute atomic E-state index is 0.271. The number of rotatable bonds is 2. The van der Waals surface area contributed by atoms with E-state index in [0.717, 1.165) is 5.56 Å². The van der Waals surface area contributed by atoms with Crippen molar-refractivity contribution in [3.05, 3.63) is 35.9 Å². The van der Waals surface area contributed by atoms with E-state index in [0.29, 0.717) is 0 Å². The van der Waals surface area contributed by atoms with Crippen molar-refractivity contribution >= 4 is 59.4 Å². The van der Waals surface area contributed by atoms with Gasteiger partial charge in [-0.3, -0.25) is 0 Å². The van der Waals surface area contributed by atoms with Gasteiger partial charge in [0.25, 0.3) is 0 Å². The highest BCUT2D eigenvalue weighted by Crippen LogP contribution is 2.40. The number of hydrogen-bond donors (Lipinski definition) is 0. The van der Waals surface area contributed by atoms with Gasteiger partial charge in [0.05, 0.1) is 0 Å². The van der Waals surface area contributed by atoms with Gasteiger partial charge in [0.2, 0.25) is 0 Å². The van der Waals surface area contributed by atoms with Gasteiger partial charge in [0, 0.05) is 5.56 Å². The SMILES string of the molecule is ClC(OCC#Cc1ccccc1)C(Br)(Br)Br. The molecule has 1 nitrogen and oxygen atoms in total. The van der Waals surface area contributed by atoms with Crippen molar-refractivity contribution in [3.8, 4) is 11.8 Å². The van der Waals surface area contributed by atoms with Gasteiger partial charge < -0.3 is 4.74 Å². The monoisotopic (exact) mass is 428 g/mol. The zero-order valence-corrected chi connectivity index (χ0v) is 13.6. The van der Waals surface area contributed by atoms with Gasteiger partial charge in [-0.1, -0.05) is 89.4 Å². The van der Waals surface area contributed by atoms with Gasteiger partial charge in [-0.05, 0) is 12.1 Å². The molecule has 0 spiro atoms. The molecule has 16 heavy (non-hydrogen) atoms. The Morgan fingerprint density at radius 3 is 2.44 bits per heavy atom. The van der Waals surface area contributed by atoms with Gasteiger partial charge in [-0.25, -0.2) is 0 Å². The first kappa shape index (κ1) is 14.5. The van der Waals surface area contributed by atoms with Crippen molar-refractivity contribution in [3.63, 3.8) is 0 Å². The zero-order chi connectivity index (χ0) is 12.0. The van der Waals surface area contributed by atoms with E-state index in [1.54, 1.807) is 0 Å². The Kier molecular flexibility index (Phi) is 6.38. The van der Waals surface area contributed by atoms with E-state index in [2.05, 4.69) is 59.6 Å². The maximum Gasteiger partial charge on any atom is 0.174 e. The summed E-state index contributed by atoms with van der Waals surface area (Å²) >= 11 is 15.7. The molecule has 0 bridgehead atoms. The smallest absolute Gasteiger partial charge is 0.174 e. The third-order valence-electron chi connectivity index (χ3n) is 1.57. The largest absolute Gasteiger partial charge is 0.346 e. The number of benzene rings is 1. The molecule has 86 valence electrons. The molecule has 0 aliphatic carbocycles. The fraction of sp³-hybridized carbons (Fsp3) is 0.273. The molecule has 5 heteroatoms. The Bertz CT molecular complexity index is 378. The van der Waals surface area contributed by atoms with Crippen molar-refractivity contribution in [1.29, 1.82) is 0 Å². The Labute approximate surface area is 125 Å². The highest BCUT2D eigenvalue weighted by atomic mass is 80.0. The zero-order valence-electron chi connectivity index (χ0n) is 8.09. The van der Waals surface area contributed by atoms with E-state index in [4.69, 9.17) is 16.3 Å².